The summed E-state index contributed by atoms with van der Waals surface area (Å²) >= 11 is 0. The number of aromatic nitrogens is 2. The Labute approximate surface area is 147 Å². The lowest BCUT2D eigenvalue weighted by molar-refractivity contribution is -0.121. The zero-order valence-electron chi connectivity index (χ0n) is 13.6. The zero-order chi connectivity index (χ0) is 18.7. The van der Waals surface area contributed by atoms with Crippen LogP contribution in [0, 0.1) is 17.1 Å². The fraction of sp³-hybridized carbons (Fsp3) is 0.111. The first-order valence-electron chi connectivity index (χ1n) is 7.70. The number of nitrogens with two attached hydrogens (primary N) is 1. The van der Waals surface area contributed by atoms with E-state index in [2.05, 4.69) is 10.4 Å². The van der Waals surface area contributed by atoms with E-state index >= 15 is 0 Å². The summed E-state index contributed by atoms with van der Waals surface area (Å²) in [7, 11) is 0. The molecule has 3 rings (SSSR count). The van der Waals surface area contributed by atoms with E-state index in [1.807, 2.05) is 0 Å². The minimum atomic E-state index is -0.684. The van der Waals surface area contributed by atoms with Gasteiger partial charge in [-0.3, -0.25) is 14.3 Å². The second-order valence-electron chi connectivity index (χ2n) is 5.55. The van der Waals surface area contributed by atoms with Gasteiger partial charge in [-0.2, -0.15) is 10.4 Å². The van der Waals surface area contributed by atoms with Gasteiger partial charge in [0.25, 0.3) is 5.91 Å². The maximum atomic E-state index is 14.0. The molecular weight excluding hydrogens is 337 g/mol. The van der Waals surface area contributed by atoms with Crippen LogP contribution >= 0.6 is 0 Å². The number of carbonyl (C=O) groups excluding carboxylic acids is 2. The molecule has 2 aromatic carbocycles. The van der Waals surface area contributed by atoms with E-state index in [1.54, 1.807) is 36.4 Å². The quantitative estimate of drug-likeness (QED) is 0.724. The molecule has 0 saturated carbocycles. The van der Waals surface area contributed by atoms with E-state index in [0.29, 0.717) is 10.9 Å². The summed E-state index contributed by atoms with van der Waals surface area (Å²) in [6.45, 7) is -0.227. The highest BCUT2D eigenvalue weighted by atomic mass is 19.1. The fourth-order valence-corrected chi connectivity index (χ4v) is 2.62. The predicted molar refractivity (Wildman–Crippen MR) is 91.2 cm³/mol. The van der Waals surface area contributed by atoms with Crippen LogP contribution in [-0.2, 0) is 17.9 Å². The second kappa shape index (κ2) is 7.03. The Morgan fingerprint density at radius 3 is 2.73 bits per heavy atom. The largest absolute Gasteiger partial charge is 0.364 e. The van der Waals surface area contributed by atoms with Crippen molar-refractivity contribution < 1.29 is 14.0 Å². The smallest absolute Gasteiger partial charge is 0.269 e. The second-order valence-corrected chi connectivity index (χ2v) is 5.55. The molecule has 26 heavy (non-hydrogen) atoms. The summed E-state index contributed by atoms with van der Waals surface area (Å²) < 4.78 is 15.4. The summed E-state index contributed by atoms with van der Waals surface area (Å²) in [6.07, 6.45) is 0. The highest BCUT2D eigenvalue weighted by molar-refractivity contribution is 6.04. The average Bonchev–Trinajstić information content (AvgIpc) is 3.00. The van der Waals surface area contributed by atoms with Crippen LogP contribution < -0.4 is 11.1 Å². The van der Waals surface area contributed by atoms with Crippen LogP contribution in [0.4, 0.5) is 4.39 Å². The molecule has 0 saturated heterocycles. The number of carbonyl (C=O) groups is 2. The maximum Gasteiger partial charge on any atom is 0.269 e. The van der Waals surface area contributed by atoms with Crippen molar-refractivity contribution in [1.82, 2.24) is 15.1 Å². The molecule has 7 nitrogen and oxygen atoms in total. The molecular formula is C18H14FN5O2. The third-order valence-corrected chi connectivity index (χ3v) is 3.86. The molecule has 3 aromatic rings. The van der Waals surface area contributed by atoms with Gasteiger partial charge in [0.2, 0.25) is 5.91 Å². The monoisotopic (exact) mass is 351 g/mol. The number of rotatable bonds is 5. The Morgan fingerprint density at radius 1 is 1.23 bits per heavy atom. The zero-order valence-corrected chi connectivity index (χ0v) is 13.6. The molecule has 0 unspecified atom stereocenters. The molecule has 0 bridgehead atoms. The molecule has 0 aliphatic heterocycles. The molecule has 8 heteroatoms. The molecule has 1 heterocycles. The lowest BCUT2D eigenvalue weighted by atomic mass is 10.1. The van der Waals surface area contributed by atoms with Crippen LogP contribution in [0.5, 0.6) is 0 Å². The number of hydrogen-bond acceptors (Lipinski definition) is 4. The van der Waals surface area contributed by atoms with Crippen molar-refractivity contribution >= 4 is 22.7 Å². The van der Waals surface area contributed by atoms with E-state index < -0.39 is 17.6 Å². The maximum absolute atomic E-state index is 14.0. The number of hydrogen-bond donors (Lipinski definition) is 2. The van der Waals surface area contributed by atoms with E-state index in [-0.39, 0.29) is 29.9 Å². The van der Waals surface area contributed by atoms with Crippen LogP contribution in [0.2, 0.25) is 0 Å². The Bertz CT molecular complexity index is 1050. The van der Waals surface area contributed by atoms with Crippen molar-refractivity contribution in [2.45, 2.75) is 13.1 Å². The summed E-state index contributed by atoms with van der Waals surface area (Å²) in [5, 5.41) is 16.1. The molecule has 2 amide bonds. The normalized spacial score (nSPS) is 10.5. The van der Waals surface area contributed by atoms with Crippen molar-refractivity contribution in [3.63, 3.8) is 0 Å². The van der Waals surface area contributed by atoms with Crippen molar-refractivity contribution in [2.75, 3.05) is 0 Å². The average molecular weight is 351 g/mol. The number of para-hydroxylation sites is 1. The van der Waals surface area contributed by atoms with Crippen LogP contribution in [0.25, 0.3) is 10.9 Å². The molecule has 0 spiro atoms. The number of nitrogens with one attached hydrogen (secondary N) is 1. The van der Waals surface area contributed by atoms with Gasteiger partial charge in [0.15, 0.2) is 5.69 Å². The molecule has 0 aliphatic carbocycles. The highest BCUT2D eigenvalue weighted by Gasteiger charge is 2.16. The van der Waals surface area contributed by atoms with E-state index in [1.165, 1.54) is 16.8 Å². The Morgan fingerprint density at radius 2 is 2.00 bits per heavy atom. The van der Waals surface area contributed by atoms with Gasteiger partial charge in [0.1, 0.15) is 18.4 Å². The lowest BCUT2D eigenvalue weighted by Gasteiger charge is -2.08. The predicted octanol–water partition coefficient (Wildman–Crippen LogP) is 1.46. The first-order chi connectivity index (χ1) is 12.5. The van der Waals surface area contributed by atoms with E-state index in [9.17, 15) is 14.0 Å². The molecule has 0 aliphatic rings. The van der Waals surface area contributed by atoms with Crippen molar-refractivity contribution in [3.05, 3.63) is 65.1 Å². The molecule has 0 fully saturated rings. The summed E-state index contributed by atoms with van der Waals surface area (Å²) in [5.41, 5.74) is 6.12. The fourth-order valence-electron chi connectivity index (χ4n) is 2.62. The number of fused-ring (bicyclic) bond motifs is 1. The van der Waals surface area contributed by atoms with Crippen LogP contribution in [0.3, 0.4) is 0 Å². The first kappa shape index (κ1) is 17.1. The first-order valence-corrected chi connectivity index (χ1v) is 7.70. The van der Waals surface area contributed by atoms with E-state index in [0.717, 1.165) is 0 Å². The third-order valence-electron chi connectivity index (χ3n) is 3.86. The van der Waals surface area contributed by atoms with Gasteiger partial charge in [0, 0.05) is 17.5 Å². The summed E-state index contributed by atoms with van der Waals surface area (Å²) in [5.74, 6) is -1.76. The van der Waals surface area contributed by atoms with Gasteiger partial charge in [0.05, 0.1) is 11.1 Å². The number of halogens is 1. The van der Waals surface area contributed by atoms with Gasteiger partial charge in [-0.15, -0.1) is 0 Å². The number of primary amides is 1. The molecule has 0 radical (unpaired) electrons. The number of nitriles is 1. The van der Waals surface area contributed by atoms with Crippen LogP contribution in [0.1, 0.15) is 21.6 Å². The van der Waals surface area contributed by atoms with Crippen LogP contribution in [-0.4, -0.2) is 21.6 Å². The van der Waals surface area contributed by atoms with Gasteiger partial charge < -0.3 is 11.1 Å². The Hall–Kier alpha value is -3.73. The number of nitrogens with zero attached hydrogens (tertiary/aromatic N) is 3. The van der Waals surface area contributed by atoms with Gasteiger partial charge in [-0.25, -0.2) is 4.39 Å². The third kappa shape index (κ3) is 3.23. The van der Waals surface area contributed by atoms with Crippen molar-refractivity contribution in [3.8, 4) is 6.07 Å². The Kier molecular flexibility index (Phi) is 4.62. The highest BCUT2D eigenvalue weighted by Crippen LogP contribution is 2.18. The van der Waals surface area contributed by atoms with E-state index in [4.69, 9.17) is 11.0 Å². The summed E-state index contributed by atoms with van der Waals surface area (Å²) in [4.78, 5) is 23.7. The summed E-state index contributed by atoms with van der Waals surface area (Å²) in [6, 6.07) is 13.1. The van der Waals surface area contributed by atoms with Crippen LogP contribution in [0.15, 0.2) is 42.5 Å². The SMILES string of the molecule is N#Cc1cccc(CNC(=O)Cn2nc(C(N)=O)c3ccccc32)c1F. The molecule has 1 aromatic heterocycles. The molecule has 0 atom stereocenters. The van der Waals surface area contributed by atoms with Gasteiger partial charge in [-0.05, 0) is 12.1 Å². The Balaban J connectivity index is 1.76. The lowest BCUT2D eigenvalue weighted by Crippen LogP contribution is -2.28. The van der Waals surface area contributed by atoms with Crippen molar-refractivity contribution in [2.24, 2.45) is 5.73 Å². The number of amides is 2. The number of benzene rings is 2. The topological polar surface area (TPSA) is 114 Å². The van der Waals surface area contributed by atoms with Gasteiger partial charge >= 0.3 is 0 Å². The van der Waals surface area contributed by atoms with Gasteiger partial charge in [-0.1, -0.05) is 30.3 Å². The minimum absolute atomic E-state index is 0.0674. The molecule has 130 valence electrons. The molecule has 3 N–H and O–H groups in total. The van der Waals surface area contributed by atoms with Crippen molar-refractivity contribution in [1.29, 1.82) is 5.26 Å². The minimum Gasteiger partial charge on any atom is -0.364 e. The standard InChI is InChI=1S/C18H14FN5O2/c19-16-11(8-20)4-3-5-12(16)9-22-15(25)10-24-14-7-2-1-6-13(14)17(23-24)18(21)26/h1-7H,9-10H2,(H2,21,26)(H,22,25).